The fourth-order valence-electron chi connectivity index (χ4n) is 2.45. The topological polar surface area (TPSA) is 83.9 Å². The molecule has 3 aromatic rings. The van der Waals surface area contributed by atoms with E-state index in [1.54, 1.807) is 36.4 Å². The van der Waals surface area contributed by atoms with Crippen LogP contribution in [0, 0.1) is 0 Å². The molecular weight excluding hydrogens is 398 g/mol. The standard InChI is InChI=1S/C21H20ClNO6/c1-3-8-27-21-16(22)10-14(11-19(21)25-2)6-7-20(24)28-13-15-12-18(29-23-15)17-5-4-9-26-17/h4-7,9-12H,3,8,13H2,1-2H3/b7-6+. The van der Waals surface area contributed by atoms with E-state index in [2.05, 4.69) is 5.16 Å². The molecule has 2 aromatic heterocycles. The van der Waals surface area contributed by atoms with E-state index in [0.717, 1.165) is 6.42 Å². The lowest BCUT2D eigenvalue weighted by atomic mass is 10.2. The zero-order chi connectivity index (χ0) is 20.6. The van der Waals surface area contributed by atoms with Crippen LogP contribution in [0.4, 0.5) is 0 Å². The third kappa shape index (κ3) is 5.42. The normalized spacial score (nSPS) is 11.0. The first-order chi connectivity index (χ1) is 14.1. The molecule has 152 valence electrons. The summed E-state index contributed by atoms with van der Waals surface area (Å²) in [4.78, 5) is 12.0. The molecule has 0 spiro atoms. The largest absolute Gasteiger partial charge is 0.493 e. The van der Waals surface area contributed by atoms with E-state index in [1.165, 1.54) is 19.4 Å². The predicted molar refractivity (Wildman–Crippen MR) is 107 cm³/mol. The first-order valence-corrected chi connectivity index (χ1v) is 9.33. The van der Waals surface area contributed by atoms with Gasteiger partial charge in [-0.05, 0) is 42.3 Å². The minimum Gasteiger partial charge on any atom is -0.493 e. The summed E-state index contributed by atoms with van der Waals surface area (Å²) >= 11 is 6.27. The summed E-state index contributed by atoms with van der Waals surface area (Å²) in [5.41, 5.74) is 1.15. The third-order valence-corrected chi connectivity index (χ3v) is 4.08. The van der Waals surface area contributed by atoms with Crippen molar-refractivity contribution in [2.24, 2.45) is 0 Å². The average Bonchev–Trinajstić information content (AvgIpc) is 3.41. The molecule has 0 unspecified atom stereocenters. The van der Waals surface area contributed by atoms with Crippen LogP contribution in [0.3, 0.4) is 0 Å². The summed E-state index contributed by atoms with van der Waals surface area (Å²) in [7, 11) is 1.53. The second kappa shape index (κ2) is 9.84. The molecule has 2 heterocycles. The molecule has 0 aliphatic heterocycles. The van der Waals surface area contributed by atoms with E-state index in [1.807, 2.05) is 6.92 Å². The van der Waals surface area contributed by atoms with Gasteiger partial charge in [0.25, 0.3) is 0 Å². The van der Waals surface area contributed by atoms with Crippen molar-refractivity contribution in [2.45, 2.75) is 20.0 Å². The van der Waals surface area contributed by atoms with Crippen LogP contribution in [-0.2, 0) is 16.1 Å². The summed E-state index contributed by atoms with van der Waals surface area (Å²) in [5.74, 6) is 1.45. The molecule has 7 nitrogen and oxygen atoms in total. The van der Waals surface area contributed by atoms with Gasteiger partial charge in [0.2, 0.25) is 5.76 Å². The third-order valence-electron chi connectivity index (χ3n) is 3.80. The number of carbonyl (C=O) groups excluding carboxylic acids is 1. The maximum atomic E-state index is 12.0. The molecule has 3 rings (SSSR count). The lowest BCUT2D eigenvalue weighted by molar-refractivity contribution is -0.139. The molecule has 8 heteroatoms. The summed E-state index contributed by atoms with van der Waals surface area (Å²) in [6, 6.07) is 8.55. The Hall–Kier alpha value is -3.19. The summed E-state index contributed by atoms with van der Waals surface area (Å²) < 4.78 is 26.5. The zero-order valence-electron chi connectivity index (χ0n) is 16.0. The second-order valence-electron chi connectivity index (χ2n) is 5.98. The molecule has 0 N–H and O–H groups in total. The van der Waals surface area contributed by atoms with Gasteiger partial charge in [-0.1, -0.05) is 23.7 Å². The van der Waals surface area contributed by atoms with Crippen LogP contribution in [0.25, 0.3) is 17.6 Å². The van der Waals surface area contributed by atoms with Gasteiger partial charge in [0, 0.05) is 12.1 Å². The van der Waals surface area contributed by atoms with E-state index in [0.29, 0.717) is 45.9 Å². The molecule has 0 atom stereocenters. The highest BCUT2D eigenvalue weighted by atomic mass is 35.5. The molecule has 0 saturated heterocycles. The number of benzene rings is 1. The van der Waals surface area contributed by atoms with E-state index in [4.69, 9.17) is 34.8 Å². The number of ether oxygens (including phenoxy) is 3. The van der Waals surface area contributed by atoms with Crippen molar-refractivity contribution in [3.05, 3.63) is 59.0 Å². The molecule has 29 heavy (non-hydrogen) atoms. The maximum Gasteiger partial charge on any atom is 0.331 e. The van der Waals surface area contributed by atoms with Crippen LogP contribution in [0.5, 0.6) is 11.5 Å². The lowest BCUT2D eigenvalue weighted by Gasteiger charge is -2.12. The highest BCUT2D eigenvalue weighted by Crippen LogP contribution is 2.36. The van der Waals surface area contributed by atoms with Gasteiger partial charge in [-0.3, -0.25) is 0 Å². The van der Waals surface area contributed by atoms with E-state index < -0.39 is 5.97 Å². The highest BCUT2D eigenvalue weighted by molar-refractivity contribution is 6.32. The molecule has 0 fully saturated rings. The van der Waals surface area contributed by atoms with E-state index in [-0.39, 0.29) is 6.61 Å². The fourth-order valence-corrected chi connectivity index (χ4v) is 2.73. The first kappa shape index (κ1) is 20.5. The number of hydrogen-bond acceptors (Lipinski definition) is 7. The number of nitrogens with zero attached hydrogens (tertiary/aromatic N) is 1. The molecule has 0 radical (unpaired) electrons. The number of rotatable bonds is 9. The smallest absolute Gasteiger partial charge is 0.331 e. The van der Waals surface area contributed by atoms with E-state index in [9.17, 15) is 4.79 Å². The van der Waals surface area contributed by atoms with Crippen molar-refractivity contribution in [1.82, 2.24) is 5.16 Å². The van der Waals surface area contributed by atoms with Gasteiger partial charge in [0.05, 0.1) is 25.0 Å². The quantitative estimate of drug-likeness (QED) is 0.352. The van der Waals surface area contributed by atoms with Crippen molar-refractivity contribution in [3.8, 4) is 23.0 Å². The molecule has 1 aromatic carbocycles. The minimum atomic E-state index is -0.533. The minimum absolute atomic E-state index is 0.0265. The van der Waals surface area contributed by atoms with Crippen molar-refractivity contribution in [2.75, 3.05) is 13.7 Å². The van der Waals surface area contributed by atoms with Gasteiger partial charge in [-0.15, -0.1) is 0 Å². The van der Waals surface area contributed by atoms with Gasteiger partial charge in [-0.25, -0.2) is 4.79 Å². The van der Waals surface area contributed by atoms with Gasteiger partial charge in [0.1, 0.15) is 12.3 Å². The molecule has 0 aliphatic carbocycles. The van der Waals surface area contributed by atoms with E-state index >= 15 is 0 Å². The number of furan rings is 1. The van der Waals surface area contributed by atoms with Crippen LogP contribution in [-0.4, -0.2) is 24.8 Å². The molecule has 0 aliphatic rings. The van der Waals surface area contributed by atoms with Crippen molar-refractivity contribution < 1.29 is 27.9 Å². The lowest BCUT2D eigenvalue weighted by Crippen LogP contribution is -2.01. The number of aromatic nitrogens is 1. The van der Waals surface area contributed by atoms with Crippen LogP contribution < -0.4 is 9.47 Å². The maximum absolute atomic E-state index is 12.0. The summed E-state index contributed by atoms with van der Waals surface area (Å²) in [6.45, 7) is 2.50. The van der Waals surface area contributed by atoms with Gasteiger partial charge in [-0.2, -0.15) is 0 Å². The molecule has 0 amide bonds. The predicted octanol–water partition coefficient (Wildman–Crippen LogP) is 5.14. The number of carbonyl (C=O) groups is 1. The van der Waals surface area contributed by atoms with Crippen LogP contribution in [0.1, 0.15) is 24.6 Å². The van der Waals surface area contributed by atoms with Crippen molar-refractivity contribution in [3.63, 3.8) is 0 Å². The fraction of sp³-hybridized carbons (Fsp3) is 0.238. The Kier molecular flexibility index (Phi) is 6.97. The van der Waals surface area contributed by atoms with Crippen molar-refractivity contribution in [1.29, 1.82) is 0 Å². The van der Waals surface area contributed by atoms with Gasteiger partial charge >= 0.3 is 5.97 Å². The summed E-state index contributed by atoms with van der Waals surface area (Å²) in [5, 5.41) is 4.25. The SMILES string of the molecule is CCCOc1c(Cl)cc(/C=C/C(=O)OCc2cc(-c3ccco3)on2)cc1OC. The van der Waals surface area contributed by atoms with Crippen molar-refractivity contribution >= 4 is 23.6 Å². The first-order valence-electron chi connectivity index (χ1n) is 8.95. The molecule has 0 saturated carbocycles. The highest BCUT2D eigenvalue weighted by Gasteiger charge is 2.12. The van der Waals surface area contributed by atoms with Crippen LogP contribution >= 0.6 is 11.6 Å². The Morgan fingerprint density at radius 1 is 1.28 bits per heavy atom. The number of methoxy groups -OCH3 is 1. The van der Waals surface area contributed by atoms with Gasteiger partial charge < -0.3 is 23.2 Å². The second-order valence-corrected chi connectivity index (χ2v) is 6.39. The zero-order valence-corrected chi connectivity index (χ0v) is 16.8. The number of esters is 1. The molecule has 0 bridgehead atoms. The number of halogens is 1. The molecular formula is C21H20ClNO6. The summed E-state index contributed by atoms with van der Waals surface area (Å²) in [6.07, 6.45) is 5.26. The number of hydrogen-bond donors (Lipinski definition) is 0. The van der Waals surface area contributed by atoms with Crippen LogP contribution in [0.15, 0.2) is 51.6 Å². The van der Waals surface area contributed by atoms with Crippen LogP contribution in [0.2, 0.25) is 5.02 Å². The average molecular weight is 418 g/mol. The Balaban J connectivity index is 1.59. The monoisotopic (exact) mass is 417 g/mol. The van der Waals surface area contributed by atoms with Gasteiger partial charge in [0.15, 0.2) is 17.3 Å². The Labute approximate surface area is 172 Å². The Morgan fingerprint density at radius 2 is 2.14 bits per heavy atom. The Bertz CT molecular complexity index is 977. The Morgan fingerprint density at radius 3 is 2.86 bits per heavy atom.